The van der Waals surface area contributed by atoms with Crippen molar-refractivity contribution in [1.82, 2.24) is 14.8 Å². The first kappa shape index (κ1) is 18.4. The molecule has 1 aliphatic heterocycles. The smallest absolute Gasteiger partial charge is 0.195 e. The summed E-state index contributed by atoms with van der Waals surface area (Å²) < 4.78 is 5.78. The molecule has 0 spiro atoms. The Morgan fingerprint density at radius 2 is 1.80 bits per heavy atom. The van der Waals surface area contributed by atoms with E-state index in [9.17, 15) is 5.11 Å². The van der Waals surface area contributed by atoms with Gasteiger partial charge in [-0.3, -0.25) is 4.90 Å². The van der Waals surface area contributed by atoms with Gasteiger partial charge in [-0.25, -0.2) is 4.98 Å². The number of oxazole rings is 1. The van der Waals surface area contributed by atoms with Crippen LogP contribution in [0, 0.1) is 5.41 Å². The molecule has 0 bridgehead atoms. The maximum Gasteiger partial charge on any atom is 0.195 e. The van der Waals surface area contributed by atoms with E-state index in [0.717, 1.165) is 69.1 Å². The first-order valence-electron chi connectivity index (χ1n) is 9.39. The molecule has 1 fully saturated rings. The van der Waals surface area contributed by atoms with Crippen LogP contribution in [-0.4, -0.2) is 65.3 Å². The lowest BCUT2D eigenvalue weighted by Gasteiger charge is -2.38. The molecule has 2 aromatic rings. The zero-order valence-corrected chi connectivity index (χ0v) is 15.7. The minimum absolute atomic E-state index is 0.0449. The molecule has 0 unspecified atom stereocenters. The second kappa shape index (κ2) is 7.85. The van der Waals surface area contributed by atoms with E-state index < -0.39 is 0 Å². The molecule has 1 N–H and O–H groups in total. The Morgan fingerprint density at radius 3 is 2.48 bits per heavy atom. The highest BCUT2D eigenvalue weighted by atomic mass is 16.3. The molecule has 1 atom stereocenters. The lowest BCUT2D eigenvalue weighted by molar-refractivity contribution is 0.0134. The van der Waals surface area contributed by atoms with Crippen LogP contribution in [0.15, 0.2) is 28.7 Å². The third-order valence-corrected chi connectivity index (χ3v) is 5.10. The van der Waals surface area contributed by atoms with Crippen molar-refractivity contribution >= 4 is 11.1 Å². The molecular weight excluding hydrogens is 314 g/mol. The van der Waals surface area contributed by atoms with Crippen molar-refractivity contribution in [2.75, 3.05) is 39.3 Å². The van der Waals surface area contributed by atoms with Crippen molar-refractivity contribution in [3.8, 4) is 0 Å². The number of nitrogens with zero attached hydrogens (tertiary/aromatic N) is 3. The maximum absolute atomic E-state index is 10.3. The number of aryl methyl sites for hydroxylation is 1. The van der Waals surface area contributed by atoms with Crippen LogP contribution in [0.3, 0.4) is 0 Å². The van der Waals surface area contributed by atoms with Crippen LogP contribution in [0.4, 0.5) is 0 Å². The van der Waals surface area contributed by atoms with Crippen LogP contribution in [0.25, 0.3) is 11.1 Å². The molecule has 0 amide bonds. The molecule has 138 valence electrons. The van der Waals surface area contributed by atoms with Crippen LogP contribution < -0.4 is 0 Å². The summed E-state index contributed by atoms with van der Waals surface area (Å²) in [6.07, 6.45) is 1.69. The summed E-state index contributed by atoms with van der Waals surface area (Å²) in [5.41, 5.74) is 1.78. The number of fused-ring (bicyclic) bond motifs is 1. The van der Waals surface area contributed by atoms with Crippen molar-refractivity contribution < 1.29 is 9.52 Å². The Bertz CT molecular complexity index is 636. The standard InChI is InChI=1S/C20H31N3O2/c1-20(2,3)18(24)15-23-13-11-22(12-14-23)10-6-9-19-21-16-7-4-5-8-17(16)25-19/h4-5,7-8,18,24H,6,9-15H2,1-3H3/t18-/m1/s1. The van der Waals surface area contributed by atoms with Crippen molar-refractivity contribution in [2.45, 2.75) is 39.7 Å². The van der Waals surface area contributed by atoms with E-state index in [-0.39, 0.29) is 11.5 Å². The average molecular weight is 345 g/mol. The third kappa shape index (κ3) is 5.03. The fourth-order valence-electron chi connectivity index (χ4n) is 3.19. The van der Waals surface area contributed by atoms with Gasteiger partial charge in [0, 0.05) is 39.1 Å². The van der Waals surface area contributed by atoms with Gasteiger partial charge in [0.1, 0.15) is 5.52 Å². The predicted molar refractivity (Wildman–Crippen MR) is 101 cm³/mol. The Kier molecular flexibility index (Phi) is 5.77. The number of para-hydroxylation sites is 2. The minimum Gasteiger partial charge on any atom is -0.441 e. The number of β-amino-alcohol motifs (C(OH)–C–C–N with tert-alkyl or cyclic N) is 1. The fourth-order valence-corrected chi connectivity index (χ4v) is 3.19. The highest BCUT2D eigenvalue weighted by Crippen LogP contribution is 2.20. The van der Waals surface area contributed by atoms with Crippen LogP contribution >= 0.6 is 0 Å². The number of benzene rings is 1. The second-order valence-electron chi connectivity index (χ2n) is 8.20. The van der Waals surface area contributed by atoms with Crippen molar-refractivity contribution in [1.29, 1.82) is 0 Å². The van der Waals surface area contributed by atoms with Crippen molar-refractivity contribution in [2.24, 2.45) is 5.41 Å². The number of rotatable bonds is 6. The molecule has 3 rings (SSSR count). The van der Waals surface area contributed by atoms with E-state index in [1.54, 1.807) is 0 Å². The zero-order valence-electron chi connectivity index (χ0n) is 15.7. The number of aliphatic hydroxyl groups is 1. The maximum atomic E-state index is 10.3. The van der Waals surface area contributed by atoms with Crippen molar-refractivity contribution in [3.05, 3.63) is 30.2 Å². The van der Waals surface area contributed by atoms with Crippen LogP contribution in [0.1, 0.15) is 33.1 Å². The van der Waals surface area contributed by atoms with E-state index in [1.165, 1.54) is 0 Å². The predicted octanol–water partition coefficient (Wildman–Crippen LogP) is 2.79. The van der Waals surface area contributed by atoms with Gasteiger partial charge in [0.2, 0.25) is 0 Å². The van der Waals surface area contributed by atoms with Crippen molar-refractivity contribution in [3.63, 3.8) is 0 Å². The number of aliphatic hydroxyl groups excluding tert-OH is 1. The first-order chi connectivity index (χ1) is 11.9. The Labute approximate surface area is 150 Å². The fraction of sp³-hybridized carbons (Fsp3) is 0.650. The lowest BCUT2D eigenvalue weighted by Crippen LogP contribution is -2.50. The van der Waals surface area contributed by atoms with Gasteiger partial charge >= 0.3 is 0 Å². The van der Waals surface area contributed by atoms with Crippen LogP contribution in [0.5, 0.6) is 0 Å². The average Bonchev–Trinajstić information content (AvgIpc) is 2.98. The quantitative estimate of drug-likeness (QED) is 0.872. The van der Waals surface area contributed by atoms with Crippen LogP contribution in [0.2, 0.25) is 0 Å². The Balaban J connectivity index is 1.38. The molecule has 1 aromatic heterocycles. The molecule has 25 heavy (non-hydrogen) atoms. The molecule has 0 aliphatic carbocycles. The highest BCUT2D eigenvalue weighted by molar-refractivity contribution is 5.72. The lowest BCUT2D eigenvalue weighted by atomic mass is 9.89. The van der Waals surface area contributed by atoms with Gasteiger partial charge in [0.25, 0.3) is 0 Å². The molecule has 1 aliphatic rings. The molecule has 1 aromatic carbocycles. The van der Waals surface area contributed by atoms with Gasteiger partial charge in [-0.05, 0) is 30.5 Å². The van der Waals surface area contributed by atoms with Gasteiger partial charge in [0.15, 0.2) is 11.5 Å². The molecule has 5 heteroatoms. The van der Waals surface area contributed by atoms with E-state index in [2.05, 4.69) is 35.6 Å². The zero-order chi connectivity index (χ0) is 17.9. The summed E-state index contributed by atoms with van der Waals surface area (Å²) in [6, 6.07) is 7.93. The Hall–Kier alpha value is -1.43. The summed E-state index contributed by atoms with van der Waals surface area (Å²) in [5, 5.41) is 10.3. The number of aromatic nitrogens is 1. The summed E-state index contributed by atoms with van der Waals surface area (Å²) in [4.78, 5) is 9.43. The topological polar surface area (TPSA) is 52.7 Å². The van der Waals surface area contributed by atoms with E-state index in [1.807, 2.05) is 24.3 Å². The highest BCUT2D eigenvalue weighted by Gasteiger charge is 2.26. The third-order valence-electron chi connectivity index (χ3n) is 5.10. The van der Waals surface area contributed by atoms with Gasteiger partial charge in [-0.1, -0.05) is 32.9 Å². The minimum atomic E-state index is -0.266. The molecular formula is C20H31N3O2. The molecule has 2 heterocycles. The Morgan fingerprint density at radius 1 is 1.12 bits per heavy atom. The van der Waals surface area contributed by atoms with E-state index in [4.69, 9.17) is 4.42 Å². The summed E-state index contributed by atoms with van der Waals surface area (Å²) in [6.45, 7) is 12.4. The monoisotopic (exact) mass is 345 g/mol. The number of hydrogen-bond donors (Lipinski definition) is 1. The molecule has 1 saturated heterocycles. The van der Waals surface area contributed by atoms with E-state index >= 15 is 0 Å². The number of hydrogen-bond acceptors (Lipinski definition) is 5. The molecule has 5 nitrogen and oxygen atoms in total. The summed E-state index contributed by atoms with van der Waals surface area (Å²) in [7, 11) is 0. The van der Waals surface area contributed by atoms with Gasteiger partial charge < -0.3 is 14.4 Å². The van der Waals surface area contributed by atoms with Crippen LogP contribution in [-0.2, 0) is 6.42 Å². The summed E-state index contributed by atoms with van der Waals surface area (Å²) >= 11 is 0. The first-order valence-corrected chi connectivity index (χ1v) is 9.39. The van der Waals surface area contributed by atoms with E-state index in [0.29, 0.717) is 0 Å². The largest absolute Gasteiger partial charge is 0.441 e. The SMILES string of the molecule is CC(C)(C)[C@H](O)CN1CCN(CCCc2nc3ccccc3o2)CC1. The van der Waals surface area contributed by atoms with Gasteiger partial charge in [-0.2, -0.15) is 0 Å². The molecule has 0 saturated carbocycles. The summed E-state index contributed by atoms with van der Waals surface area (Å²) in [5.74, 6) is 0.841. The molecule has 0 radical (unpaired) electrons. The van der Waals surface area contributed by atoms with Gasteiger partial charge in [-0.15, -0.1) is 0 Å². The second-order valence-corrected chi connectivity index (χ2v) is 8.20. The normalized spacial score (nSPS) is 18.7. The van der Waals surface area contributed by atoms with Gasteiger partial charge in [0.05, 0.1) is 6.10 Å². The number of piperazine rings is 1.